The Balaban J connectivity index is 1.40. The van der Waals surface area contributed by atoms with E-state index >= 15 is 0 Å². The van der Waals surface area contributed by atoms with E-state index in [0.717, 1.165) is 56.6 Å². The van der Waals surface area contributed by atoms with Crippen molar-refractivity contribution in [3.63, 3.8) is 0 Å². The molecular formula is C24H35N7O. The molecule has 3 atom stereocenters. The Bertz CT molecular complexity index is 906. The third-order valence-corrected chi connectivity index (χ3v) is 6.78. The fraction of sp³-hybridized carbons (Fsp3) is 0.583. The first-order chi connectivity index (χ1) is 15.6. The van der Waals surface area contributed by atoms with Gasteiger partial charge in [-0.2, -0.15) is 0 Å². The minimum Gasteiger partial charge on any atom is -0.368 e. The van der Waals surface area contributed by atoms with Crippen LogP contribution >= 0.6 is 0 Å². The van der Waals surface area contributed by atoms with E-state index in [2.05, 4.69) is 32.1 Å². The normalized spacial score (nSPS) is 22.6. The number of hydrogen-bond donors (Lipinski definition) is 2. The summed E-state index contributed by atoms with van der Waals surface area (Å²) in [6.07, 6.45) is 8.39. The van der Waals surface area contributed by atoms with Gasteiger partial charge in [0.05, 0.1) is 0 Å². The van der Waals surface area contributed by atoms with Gasteiger partial charge in [0.25, 0.3) is 0 Å². The number of hydrogen-bond acceptors (Lipinski definition) is 6. The molecule has 1 saturated heterocycles. The summed E-state index contributed by atoms with van der Waals surface area (Å²) < 4.78 is 0. The van der Waals surface area contributed by atoms with Gasteiger partial charge >= 0.3 is 6.03 Å². The molecule has 172 valence electrons. The minimum absolute atomic E-state index is 0.0195. The van der Waals surface area contributed by atoms with Crippen LogP contribution in [0, 0.1) is 5.92 Å². The summed E-state index contributed by atoms with van der Waals surface area (Å²) in [5, 5.41) is 3.33. The maximum Gasteiger partial charge on any atom is 0.317 e. The number of nitrogens with one attached hydrogen (secondary N) is 1. The summed E-state index contributed by atoms with van der Waals surface area (Å²) in [6.45, 7) is 7.52. The number of urea groups is 1. The lowest BCUT2D eigenvalue weighted by molar-refractivity contribution is 0.0626. The summed E-state index contributed by atoms with van der Waals surface area (Å²) in [4.78, 5) is 30.6. The molecule has 1 aliphatic heterocycles. The highest BCUT2D eigenvalue weighted by Crippen LogP contribution is 2.34. The van der Waals surface area contributed by atoms with E-state index in [4.69, 9.17) is 5.73 Å². The Morgan fingerprint density at radius 1 is 1.28 bits per heavy atom. The molecule has 2 aromatic rings. The van der Waals surface area contributed by atoms with Gasteiger partial charge in [-0.25, -0.2) is 14.8 Å². The SMILES string of the molecule is CCCN1C[C@@H](NC(=O)N(CC)CCc2ccccn2)C[C@@H]2Cc3nc(N)ncc3C[C@H]21. The third kappa shape index (κ3) is 5.18. The Hall–Kier alpha value is -2.74. The fourth-order valence-electron chi connectivity index (χ4n) is 5.22. The largest absolute Gasteiger partial charge is 0.368 e. The number of likely N-dealkylation sites (tertiary alicyclic amines) is 1. The van der Waals surface area contributed by atoms with Gasteiger partial charge in [0, 0.05) is 61.9 Å². The highest BCUT2D eigenvalue weighted by Gasteiger charge is 2.40. The van der Waals surface area contributed by atoms with Gasteiger partial charge in [0.1, 0.15) is 0 Å². The number of anilines is 1. The molecule has 1 aliphatic carbocycles. The maximum atomic E-state index is 13.1. The van der Waals surface area contributed by atoms with Crippen LogP contribution in [0.25, 0.3) is 0 Å². The van der Waals surface area contributed by atoms with Crippen LogP contribution in [-0.2, 0) is 19.3 Å². The molecule has 2 amide bonds. The number of aromatic nitrogens is 3. The van der Waals surface area contributed by atoms with Crippen LogP contribution < -0.4 is 11.1 Å². The van der Waals surface area contributed by atoms with Crippen LogP contribution in [-0.4, -0.2) is 69.0 Å². The van der Waals surface area contributed by atoms with Crippen LogP contribution in [0.3, 0.4) is 0 Å². The second kappa shape index (κ2) is 10.3. The Morgan fingerprint density at radius 3 is 2.91 bits per heavy atom. The average molecular weight is 438 g/mol. The van der Waals surface area contributed by atoms with Crippen molar-refractivity contribution in [3.8, 4) is 0 Å². The van der Waals surface area contributed by atoms with Crippen molar-refractivity contribution in [3.05, 3.63) is 47.5 Å². The van der Waals surface area contributed by atoms with Crippen LogP contribution in [0.15, 0.2) is 30.6 Å². The van der Waals surface area contributed by atoms with E-state index in [9.17, 15) is 4.79 Å². The summed E-state index contributed by atoms with van der Waals surface area (Å²) in [7, 11) is 0. The van der Waals surface area contributed by atoms with Gasteiger partial charge < -0.3 is 16.0 Å². The molecule has 2 aliphatic rings. The third-order valence-electron chi connectivity index (χ3n) is 6.78. The highest BCUT2D eigenvalue weighted by molar-refractivity contribution is 5.74. The second-order valence-corrected chi connectivity index (χ2v) is 8.96. The molecule has 0 spiro atoms. The van der Waals surface area contributed by atoms with Gasteiger partial charge in [0.2, 0.25) is 5.95 Å². The van der Waals surface area contributed by atoms with Crippen molar-refractivity contribution in [2.45, 2.75) is 58.0 Å². The maximum absolute atomic E-state index is 13.1. The molecule has 3 N–H and O–H groups in total. The van der Waals surface area contributed by atoms with Gasteiger partial charge in [-0.1, -0.05) is 13.0 Å². The average Bonchev–Trinajstić information content (AvgIpc) is 2.79. The number of amides is 2. The minimum atomic E-state index is 0.0195. The Labute approximate surface area is 190 Å². The highest BCUT2D eigenvalue weighted by atomic mass is 16.2. The van der Waals surface area contributed by atoms with Gasteiger partial charge in [-0.05, 0) is 62.8 Å². The zero-order chi connectivity index (χ0) is 22.5. The molecule has 0 bridgehead atoms. The van der Waals surface area contributed by atoms with Gasteiger partial charge in [0.15, 0.2) is 0 Å². The standard InChI is InChI=1S/C24H35N7O/c1-3-10-31-16-20(12-17-13-21-18(14-22(17)31)15-27-23(25)29-21)28-24(32)30(4-2)11-8-19-7-5-6-9-26-19/h5-7,9,15,17,20,22H,3-4,8,10-14,16H2,1-2H3,(H,28,32)(H2,25,27,29)/t17-,20+,22-/m1/s1. The Kier molecular flexibility index (Phi) is 7.19. The lowest BCUT2D eigenvalue weighted by Crippen LogP contribution is -2.59. The number of carbonyl (C=O) groups excluding carboxylic acids is 1. The molecule has 0 saturated carbocycles. The molecular weight excluding hydrogens is 402 g/mol. The van der Waals surface area contributed by atoms with Crippen LogP contribution in [0.4, 0.5) is 10.7 Å². The lowest BCUT2D eigenvalue weighted by atomic mass is 9.76. The topological polar surface area (TPSA) is 100 Å². The molecule has 2 aromatic heterocycles. The smallest absolute Gasteiger partial charge is 0.317 e. The van der Waals surface area contributed by atoms with Crippen molar-refractivity contribution in [1.29, 1.82) is 0 Å². The van der Waals surface area contributed by atoms with E-state index < -0.39 is 0 Å². The molecule has 8 nitrogen and oxygen atoms in total. The molecule has 32 heavy (non-hydrogen) atoms. The molecule has 0 unspecified atom stereocenters. The zero-order valence-corrected chi connectivity index (χ0v) is 19.2. The van der Waals surface area contributed by atoms with E-state index in [1.807, 2.05) is 36.2 Å². The summed E-state index contributed by atoms with van der Waals surface area (Å²) in [6, 6.07) is 6.55. The number of rotatable bonds is 7. The van der Waals surface area contributed by atoms with Crippen molar-refractivity contribution in [2.24, 2.45) is 5.92 Å². The van der Waals surface area contributed by atoms with Gasteiger partial charge in [-0.3, -0.25) is 9.88 Å². The van der Waals surface area contributed by atoms with Crippen molar-refractivity contribution in [2.75, 3.05) is 31.9 Å². The molecule has 8 heteroatoms. The lowest BCUT2D eigenvalue weighted by Gasteiger charge is -2.47. The number of pyridine rings is 1. The number of nitrogens with two attached hydrogens (primary N) is 1. The number of nitrogens with zero attached hydrogens (tertiary/aromatic N) is 5. The molecule has 4 rings (SSSR count). The van der Waals surface area contributed by atoms with Crippen molar-refractivity contribution < 1.29 is 4.79 Å². The number of fused-ring (bicyclic) bond motifs is 2. The molecule has 3 heterocycles. The number of nitrogen functional groups attached to an aromatic ring is 1. The molecule has 0 aromatic carbocycles. The predicted molar refractivity (Wildman–Crippen MR) is 125 cm³/mol. The molecule has 1 fully saturated rings. The number of likely N-dealkylation sites (N-methyl/N-ethyl adjacent to an activating group) is 1. The van der Waals surface area contributed by atoms with Crippen LogP contribution in [0.2, 0.25) is 0 Å². The quantitative estimate of drug-likeness (QED) is 0.689. The number of carbonyl (C=O) groups is 1. The van der Waals surface area contributed by atoms with Gasteiger partial charge in [-0.15, -0.1) is 0 Å². The summed E-state index contributed by atoms with van der Waals surface area (Å²) >= 11 is 0. The van der Waals surface area contributed by atoms with Crippen molar-refractivity contribution >= 4 is 12.0 Å². The zero-order valence-electron chi connectivity index (χ0n) is 19.2. The first kappa shape index (κ1) is 22.5. The van der Waals surface area contributed by atoms with Crippen LogP contribution in [0.5, 0.6) is 0 Å². The van der Waals surface area contributed by atoms with E-state index in [1.54, 1.807) is 6.20 Å². The van der Waals surface area contributed by atoms with E-state index in [1.165, 1.54) is 5.56 Å². The number of piperidine rings is 1. The first-order valence-electron chi connectivity index (χ1n) is 11.9. The monoisotopic (exact) mass is 437 g/mol. The summed E-state index contributed by atoms with van der Waals surface area (Å²) in [5.41, 5.74) is 9.14. The first-order valence-corrected chi connectivity index (χ1v) is 11.9. The van der Waals surface area contributed by atoms with Crippen molar-refractivity contribution in [1.82, 2.24) is 30.1 Å². The molecule has 0 radical (unpaired) electrons. The van der Waals surface area contributed by atoms with E-state index in [0.29, 0.717) is 31.0 Å². The second-order valence-electron chi connectivity index (χ2n) is 8.96. The van der Waals surface area contributed by atoms with E-state index in [-0.39, 0.29) is 12.1 Å². The Morgan fingerprint density at radius 2 is 2.16 bits per heavy atom. The summed E-state index contributed by atoms with van der Waals surface area (Å²) in [5.74, 6) is 0.811. The fourth-order valence-corrected chi connectivity index (χ4v) is 5.22. The van der Waals surface area contributed by atoms with Crippen LogP contribution in [0.1, 0.15) is 43.6 Å². The predicted octanol–water partition coefficient (Wildman–Crippen LogP) is 2.30.